The molecular formula is C19H25N5O2S. The third kappa shape index (κ3) is 4.37. The lowest BCUT2D eigenvalue weighted by atomic mass is 10.1. The van der Waals surface area contributed by atoms with E-state index < -0.39 is 0 Å². The largest absolute Gasteiger partial charge is 0.497 e. The standard InChI is InChI=1S/C19H25N5O2S/c1-26-16-9-5-14(6-10-16)20-17(25)13-27-19-22-21-18(24(19)15-7-8-15)23-11-3-2-4-12-23/h5-6,9-10,15H,2-4,7-8,11-13H2,1H3,(H,20,25). The van der Waals surface area contributed by atoms with Crippen molar-refractivity contribution in [3.63, 3.8) is 0 Å². The lowest BCUT2D eigenvalue weighted by Gasteiger charge is -2.27. The number of thioether (sulfide) groups is 1. The lowest BCUT2D eigenvalue weighted by Crippen LogP contribution is -2.32. The SMILES string of the molecule is COc1ccc(NC(=O)CSc2nnc(N3CCCCC3)n2C2CC2)cc1. The number of piperidine rings is 1. The summed E-state index contributed by atoms with van der Waals surface area (Å²) in [5.74, 6) is 2.02. The molecule has 7 nitrogen and oxygen atoms in total. The second kappa shape index (κ2) is 8.21. The predicted octanol–water partition coefficient (Wildman–Crippen LogP) is 3.34. The van der Waals surface area contributed by atoms with E-state index in [2.05, 4.69) is 25.0 Å². The Morgan fingerprint density at radius 1 is 1.19 bits per heavy atom. The third-order valence-corrected chi connectivity index (χ3v) is 5.85. The van der Waals surface area contributed by atoms with Gasteiger partial charge in [-0.3, -0.25) is 9.36 Å². The highest BCUT2D eigenvalue weighted by Gasteiger charge is 2.32. The summed E-state index contributed by atoms with van der Waals surface area (Å²) in [6.07, 6.45) is 6.06. The van der Waals surface area contributed by atoms with Crippen LogP contribution in [0.5, 0.6) is 5.75 Å². The molecule has 8 heteroatoms. The first kappa shape index (κ1) is 18.2. The van der Waals surface area contributed by atoms with Gasteiger partial charge in [-0.1, -0.05) is 11.8 Å². The van der Waals surface area contributed by atoms with Crippen LogP contribution in [0.3, 0.4) is 0 Å². The van der Waals surface area contributed by atoms with Crippen LogP contribution < -0.4 is 15.0 Å². The maximum atomic E-state index is 12.3. The summed E-state index contributed by atoms with van der Waals surface area (Å²) in [4.78, 5) is 14.7. The lowest BCUT2D eigenvalue weighted by molar-refractivity contribution is -0.113. The number of anilines is 2. The van der Waals surface area contributed by atoms with E-state index in [4.69, 9.17) is 4.74 Å². The van der Waals surface area contributed by atoms with Crippen molar-refractivity contribution < 1.29 is 9.53 Å². The van der Waals surface area contributed by atoms with Crippen molar-refractivity contribution in [1.29, 1.82) is 0 Å². The average Bonchev–Trinajstić information content (AvgIpc) is 3.46. The fraction of sp³-hybridized carbons (Fsp3) is 0.526. The predicted molar refractivity (Wildman–Crippen MR) is 107 cm³/mol. The van der Waals surface area contributed by atoms with Gasteiger partial charge in [0.15, 0.2) is 5.16 Å². The molecule has 2 aliphatic rings. The molecule has 144 valence electrons. The minimum atomic E-state index is -0.0463. The number of nitrogens with zero attached hydrogens (tertiary/aromatic N) is 4. The molecule has 1 aliphatic carbocycles. The number of rotatable bonds is 7. The Bertz CT molecular complexity index is 782. The van der Waals surface area contributed by atoms with Crippen LogP contribution in [0, 0.1) is 0 Å². The first-order valence-electron chi connectivity index (χ1n) is 9.51. The van der Waals surface area contributed by atoms with Crippen molar-refractivity contribution >= 4 is 29.3 Å². The van der Waals surface area contributed by atoms with Crippen molar-refractivity contribution in [2.24, 2.45) is 0 Å². The van der Waals surface area contributed by atoms with Crippen molar-refractivity contribution in [3.8, 4) is 5.75 Å². The molecule has 2 heterocycles. The maximum Gasteiger partial charge on any atom is 0.234 e. The Balaban J connectivity index is 1.38. The minimum Gasteiger partial charge on any atom is -0.497 e. The van der Waals surface area contributed by atoms with Gasteiger partial charge >= 0.3 is 0 Å². The topological polar surface area (TPSA) is 72.3 Å². The van der Waals surface area contributed by atoms with Gasteiger partial charge in [0.1, 0.15) is 5.75 Å². The van der Waals surface area contributed by atoms with Crippen LogP contribution in [-0.4, -0.2) is 46.6 Å². The highest BCUT2D eigenvalue weighted by atomic mass is 32.2. The number of carbonyl (C=O) groups is 1. The molecule has 0 spiro atoms. The zero-order chi connectivity index (χ0) is 18.6. The minimum absolute atomic E-state index is 0.0463. The number of hydrogen-bond donors (Lipinski definition) is 1. The van der Waals surface area contributed by atoms with Crippen LogP contribution in [0.1, 0.15) is 38.1 Å². The number of amides is 1. The van der Waals surface area contributed by atoms with Gasteiger partial charge in [-0.15, -0.1) is 10.2 Å². The van der Waals surface area contributed by atoms with Crippen LogP contribution in [-0.2, 0) is 4.79 Å². The van der Waals surface area contributed by atoms with E-state index in [9.17, 15) is 4.79 Å². The highest BCUT2D eigenvalue weighted by Crippen LogP contribution is 2.41. The van der Waals surface area contributed by atoms with Gasteiger partial charge in [0, 0.05) is 24.8 Å². The quantitative estimate of drug-likeness (QED) is 0.735. The summed E-state index contributed by atoms with van der Waals surface area (Å²) in [6, 6.07) is 7.82. The Hall–Kier alpha value is -2.22. The molecule has 2 fully saturated rings. The van der Waals surface area contributed by atoms with Gasteiger partial charge in [0.2, 0.25) is 11.9 Å². The molecule has 1 aliphatic heterocycles. The molecule has 4 rings (SSSR count). The number of aromatic nitrogens is 3. The Kier molecular flexibility index (Phi) is 5.52. The van der Waals surface area contributed by atoms with E-state index in [0.29, 0.717) is 11.8 Å². The molecule has 1 aromatic carbocycles. The smallest absolute Gasteiger partial charge is 0.234 e. The summed E-state index contributed by atoms with van der Waals surface area (Å²) >= 11 is 1.46. The molecule has 1 saturated carbocycles. The van der Waals surface area contributed by atoms with Crippen LogP contribution in [0.4, 0.5) is 11.6 Å². The Morgan fingerprint density at radius 2 is 1.93 bits per heavy atom. The monoisotopic (exact) mass is 387 g/mol. The van der Waals surface area contributed by atoms with E-state index in [1.54, 1.807) is 7.11 Å². The number of hydrogen-bond acceptors (Lipinski definition) is 6. The molecule has 27 heavy (non-hydrogen) atoms. The zero-order valence-electron chi connectivity index (χ0n) is 15.6. The van der Waals surface area contributed by atoms with Gasteiger partial charge in [-0.25, -0.2) is 0 Å². The molecule has 1 saturated heterocycles. The summed E-state index contributed by atoms with van der Waals surface area (Å²) in [5, 5.41) is 12.6. The molecule has 0 unspecified atom stereocenters. The summed E-state index contributed by atoms with van der Waals surface area (Å²) in [5.41, 5.74) is 0.763. The summed E-state index contributed by atoms with van der Waals surface area (Å²) < 4.78 is 7.38. The first-order valence-corrected chi connectivity index (χ1v) is 10.5. The highest BCUT2D eigenvalue weighted by molar-refractivity contribution is 7.99. The van der Waals surface area contributed by atoms with Gasteiger partial charge in [-0.05, 0) is 56.4 Å². The second-order valence-electron chi connectivity index (χ2n) is 7.00. The number of nitrogens with one attached hydrogen (secondary N) is 1. The molecule has 1 N–H and O–H groups in total. The van der Waals surface area contributed by atoms with Crippen LogP contribution in [0.25, 0.3) is 0 Å². The van der Waals surface area contributed by atoms with Crippen LogP contribution >= 0.6 is 11.8 Å². The van der Waals surface area contributed by atoms with Crippen molar-refractivity contribution in [2.75, 3.05) is 36.2 Å². The van der Waals surface area contributed by atoms with E-state index in [-0.39, 0.29) is 5.91 Å². The zero-order valence-corrected chi connectivity index (χ0v) is 16.4. The molecular weight excluding hydrogens is 362 g/mol. The van der Waals surface area contributed by atoms with Crippen molar-refractivity contribution in [1.82, 2.24) is 14.8 Å². The fourth-order valence-electron chi connectivity index (χ4n) is 3.33. The van der Waals surface area contributed by atoms with Gasteiger partial charge in [0.05, 0.1) is 12.9 Å². The molecule has 2 aromatic rings. The van der Waals surface area contributed by atoms with Gasteiger partial charge in [0.25, 0.3) is 0 Å². The number of carbonyl (C=O) groups excluding carboxylic acids is 1. The number of ether oxygens (including phenoxy) is 1. The van der Waals surface area contributed by atoms with Crippen molar-refractivity contribution in [2.45, 2.75) is 43.3 Å². The second-order valence-corrected chi connectivity index (χ2v) is 7.94. The molecule has 0 atom stereocenters. The average molecular weight is 388 g/mol. The van der Waals surface area contributed by atoms with Gasteiger partial charge < -0.3 is 15.0 Å². The van der Waals surface area contributed by atoms with E-state index >= 15 is 0 Å². The maximum absolute atomic E-state index is 12.3. The summed E-state index contributed by atoms with van der Waals surface area (Å²) in [6.45, 7) is 2.10. The molecule has 1 amide bonds. The fourth-order valence-corrected chi connectivity index (χ4v) is 4.13. The third-order valence-electron chi connectivity index (χ3n) is 4.90. The van der Waals surface area contributed by atoms with E-state index in [0.717, 1.165) is 35.6 Å². The van der Waals surface area contributed by atoms with Crippen LogP contribution in [0.15, 0.2) is 29.4 Å². The van der Waals surface area contributed by atoms with Crippen molar-refractivity contribution in [3.05, 3.63) is 24.3 Å². The first-order chi connectivity index (χ1) is 13.2. The Morgan fingerprint density at radius 3 is 2.59 bits per heavy atom. The molecule has 0 radical (unpaired) electrons. The van der Waals surface area contributed by atoms with E-state index in [1.807, 2.05) is 24.3 Å². The molecule has 0 bridgehead atoms. The summed E-state index contributed by atoms with van der Waals surface area (Å²) in [7, 11) is 1.62. The Labute approximate surface area is 163 Å². The van der Waals surface area contributed by atoms with E-state index in [1.165, 1.54) is 43.9 Å². The van der Waals surface area contributed by atoms with Gasteiger partial charge in [-0.2, -0.15) is 0 Å². The van der Waals surface area contributed by atoms with Crippen LogP contribution in [0.2, 0.25) is 0 Å². The molecule has 1 aromatic heterocycles. The number of methoxy groups -OCH3 is 1. The number of benzene rings is 1. The normalized spacial score (nSPS) is 17.0.